The number of nitrogens with one attached hydrogen (secondary N) is 2. The second-order valence-electron chi connectivity index (χ2n) is 4.78. The molecule has 0 aromatic heterocycles. The minimum Gasteiger partial charge on any atom is -0.379 e. The largest absolute Gasteiger partial charge is 0.379 e. The molecule has 0 spiro atoms. The first-order chi connectivity index (χ1) is 8.57. The highest BCUT2D eigenvalue weighted by Gasteiger charge is 2.29. The van der Waals surface area contributed by atoms with Gasteiger partial charge < -0.3 is 15.4 Å². The monoisotopic (exact) mass is 252 g/mol. The van der Waals surface area contributed by atoms with Crippen LogP contribution < -0.4 is 10.6 Å². The van der Waals surface area contributed by atoms with Gasteiger partial charge in [0, 0.05) is 17.8 Å². The van der Waals surface area contributed by atoms with E-state index in [9.17, 15) is 9.18 Å². The molecule has 1 atom stereocenters. The molecule has 1 saturated heterocycles. The van der Waals surface area contributed by atoms with E-state index in [1.54, 1.807) is 12.1 Å². The predicted octanol–water partition coefficient (Wildman–Crippen LogP) is 1.53. The summed E-state index contributed by atoms with van der Waals surface area (Å²) >= 11 is 0. The average molecular weight is 252 g/mol. The van der Waals surface area contributed by atoms with Gasteiger partial charge in [-0.25, -0.2) is 4.39 Å². The molecular formula is C13H17FN2O2. The highest BCUT2D eigenvalue weighted by atomic mass is 19.1. The zero-order chi connectivity index (χ0) is 13.0. The van der Waals surface area contributed by atoms with Crippen molar-refractivity contribution in [2.45, 2.75) is 18.9 Å². The minimum absolute atomic E-state index is 0.140. The van der Waals surface area contributed by atoms with Crippen molar-refractivity contribution in [1.29, 1.82) is 0 Å². The van der Waals surface area contributed by atoms with Crippen LogP contribution in [0.3, 0.4) is 0 Å². The molecule has 98 valence electrons. The highest BCUT2D eigenvalue weighted by Crippen LogP contribution is 2.17. The third kappa shape index (κ3) is 3.51. The van der Waals surface area contributed by atoms with Crippen molar-refractivity contribution in [3.63, 3.8) is 0 Å². The van der Waals surface area contributed by atoms with E-state index in [1.165, 1.54) is 12.1 Å². The van der Waals surface area contributed by atoms with E-state index in [-0.39, 0.29) is 23.8 Å². The number of carbonyl (C=O) groups is 1. The molecule has 18 heavy (non-hydrogen) atoms. The first-order valence-electron chi connectivity index (χ1n) is 5.96. The Morgan fingerprint density at radius 3 is 3.06 bits per heavy atom. The number of amides is 1. The number of hydrogen-bond donors (Lipinski definition) is 2. The molecule has 2 rings (SSSR count). The van der Waals surface area contributed by atoms with Gasteiger partial charge in [-0.05, 0) is 31.5 Å². The number of halogens is 1. The van der Waals surface area contributed by atoms with Gasteiger partial charge in [0.05, 0.1) is 13.2 Å². The Balaban J connectivity index is 1.82. The molecule has 1 aromatic carbocycles. The molecule has 1 heterocycles. The molecule has 5 heteroatoms. The molecule has 1 aliphatic heterocycles. The normalized spacial score (nSPS) is 23.0. The van der Waals surface area contributed by atoms with Gasteiger partial charge in [-0.15, -0.1) is 0 Å². The minimum atomic E-state index is -0.364. The first-order valence-corrected chi connectivity index (χ1v) is 5.96. The van der Waals surface area contributed by atoms with E-state index in [4.69, 9.17) is 4.74 Å². The smallest absolute Gasteiger partial charge is 0.238 e. The van der Waals surface area contributed by atoms with E-state index in [2.05, 4.69) is 10.6 Å². The Morgan fingerprint density at radius 2 is 2.39 bits per heavy atom. The fourth-order valence-electron chi connectivity index (χ4n) is 1.87. The van der Waals surface area contributed by atoms with Crippen LogP contribution in [-0.2, 0) is 9.53 Å². The molecule has 0 bridgehead atoms. The van der Waals surface area contributed by atoms with Gasteiger partial charge >= 0.3 is 0 Å². The number of rotatable bonds is 4. The van der Waals surface area contributed by atoms with Gasteiger partial charge in [-0.2, -0.15) is 0 Å². The molecular weight excluding hydrogens is 235 g/mol. The Kier molecular flexibility index (Phi) is 3.93. The van der Waals surface area contributed by atoms with Crippen molar-refractivity contribution >= 4 is 11.6 Å². The number of benzene rings is 1. The average Bonchev–Trinajstić information content (AvgIpc) is 2.74. The molecule has 1 aromatic rings. The fourth-order valence-corrected chi connectivity index (χ4v) is 1.87. The Labute approximate surface area is 106 Å². The summed E-state index contributed by atoms with van der Waals surface area (Å²) in [6.45, 7) is 3.54. The van der Waals surface area contributed by atoms with E-state index in [0.717, 1.165) is 13.0 Å². The summed E-state index contributed by atoms with van der Waals surface area (Å²) in [7, 11) is 0. The van der Waals surface area contributed by atoms with Crippen molar-refractivity contribution in [2.75, 3.05) is 25.1 Å². The summed E-state index contributed by atoms with van der Waals surface area (Å²) in [4.78, 5) is 11.7. The zero-order valence-electron chi connectivity index (χ0n) is 10.3. The van der Waals surface area contributed by atoms with Gasteiger partial charge in [-0.1, -0.05) is 6.07 Å². The van der Waals surface area contributed by atoms with Crippen molar-refractivity contribution < 1.29 is 13.9 Å². The lowest BCUT2D eigenvalue weighted by atomic mass is 10.0. The van der Waals surface area contributed by atoms with Gasteiger partial charge in [0.15, 0.2) is 0 Å². The number of carbonyl (C=O) groups excluding carboxylic acids is 1. The molecule has 1 fully saturated rings. The molecule has 1 amide bonds. The van der Waals surface area contributed by atoms with Crippen LogP contribution in [0.15, 0.2) is 24.3 Å². The quantitative estimate of drug-likeness (QED) is 0.854. The molecule has 4 nitrogen and oxygen atoms in total. The lowest BCUT2D eigenvalue weighted by molar-refractivity contribution is -0.115. The maximum absolute atomic E-state index is 12.9. The topological polar surface area (TPSA) is 50.4 Å². The lowest BCUT2D eigenvalue weighted by Crippen LogP contribution is -2.46. The molecule has 1 unspecified atom stereocenters. The summed E-state index contributed by atoms with van der Waals surface area (Å²) in [6, 6.07) is 5.84. The van der Waals surface area contributed by atoms with Gasteiger partial charge in [-0.3, -0.25) is 4.79 Å². The van der Waals surface area contributed by atoms with Crippen LogP contribution in [0.4, 0.5) is 10.1 Å². The third-order valence-electron chi connectivity index (χ3n) is 3.00. The lowest BCUT2D eigenvalue weighted by Gasteiger charge is -2.23. The van der Waals surface area contributed by atoms with Crippen molar-refractivity contribution in [3.05, 3.63) is 30.1 Å². The maximum atomic E-state index is 12.9. The van der Waals surface area contributed by atoms with E-state index in [1.807, 2.05) is 6.92 Å². The van der Waals surface area contributed by atoms with Crippen LogP contribution >= 0.6 is 0 Å². The summed E-state index contributed by atoms with van der Waals surface area (Å²) in [5, 5.41) is 5.80. The van der Waals surface area contributed by atoms with Crippen LogP contribution in [0.1, 0.15) is 13.3 Å². The fraction of sp³-hybridized carbons (Fsp3) is 0.462. The highest BCUT2D eigenvalue weighted by molar-refractivity contribution is 5.92. The van der Waals surface area contributed by atoms with Crippen LogP contribution in [0.2, 0.25) is 0 Å². The number of ether oxygens (including phenoxy) is 1. The first kappa shape index (κ1) is 13.0. The summed E-state index contributed by atoms with van der Waals surface area (Å²) in [5.74, 6) is -0.550. The van der Waals surface area contributed by atoms with Gasteiger partial charge in [0.2, 0.25) is 5.91 Å². The standard InChI is InChI=1S/C13H17FN2O2/c1-13(5-6-18-9-13)15-8-12(17)16-11-4-2-3-10(14)7-11/h2-4,7,15H,5-6,8-9H2,1H3,(H,16,17). The second-order valence-corrected chi connectivity index (χ2v) is 4.78. The Bertz CT molecular complexity index is 431. The number of hydrogen-bond acceptors (Lipinski definition) is 3. The van der Waals surface area contributed by atoms with E-state index >= 15 is 0 Å². The van der Waals surface area contributed by atoms with Crippen molar-refractivity contribution in [1.82, 2.24) is 5.32 Å². The van der Waals surface area contributed by atoms with Crippen LogP contribution in [0, 0.1) is 5.82 Å². The van der Waals surface area contributed by atoms with Gasteiger partial charge in [0.1, 0.15) is 5.82 Å². The van der Waals surface area contributed by atoms with Gasteiger partial charge in [0.25, 0.3) is 0 Å². The Morgan fingerprint density at radius 1 is 1.56 bits per heavy atom. The molecule has 0 radical (unpaired) electrons. The summed E-state index contributed by atoms with van der Waals surface area (Å²) in [6.07, 6.45) is 0.889. The SMILES string of the molecule is CC1(NCC(=O)Nc2cccc(F)c2)CCOC1. The second kappa shape index (κ2) is 5.46. The van der Waals surface area contributed by atoms with E-state index in [0.29, 0.717) is 12.3 Å². The predicted molar refractivity (Wildman–Crippen MR) is 66.9 cm³/mol. The summed E-state index contributed by atoms with van der Waals surface area (Å²) < 4.78 is 18.2. The third-order valence-corrected chi connectivity index (χ3v) is 3.00. The van der Waals surface area contributed by atoms with Crippen LogP contribution in [0.5, 0.6) is 0 Å². The molecule has 0 aliphatic carbocycles. The van der Waals surface area contributed by atoms with Crippen LogP contribution in [0.25, 0.3) is 0 Å². The molecule has 1 aliphatic rings. The maximum Gasteiger partial charge on any atom is 0.238 e. The van der Waals surface area contributed by atoms with E-state index < -0.39 is 0 Å². The van der Waals surface area contributed by atoms with Crippen molar-refractivity contribution in [2.24, 2.45) is 0 Å². The molecule has 0 saturated carbocycles. The molecule has 2 N–H and O–H groups in total. The zero-order valence-corrected chi connectivity index (χ0v) is 10.3. The number of anilines is 1. The van der Waals surface area contributed by atoms with Crippen molar-refractivity contribution in [3.8, 4) is 0 Å². The van der Waals surface area contributed by atoms with Crippen LogP contribution in [-0.4, -0.2) is 31.2 Å². The Hall–Kier alpha value is -1.46. The summed E-state index contributed by atoms with van der Waals surface area (Å²) in [5.41, 5.74) is 0.328.